The Morgan fingerprint density at radius 3 is 2.57 bits per heavy atom. The van der Waals surface area contributed by atoms with Gasteiger partial charge in [-0.25, -0.2) is 9.48 Å². The highest BCUT2D eigenvalue weighted by Crippen LogP contribution is 2.46. The van der Waals surface area contributed by atoms with Crippen LogP contribution in [0, 0.1) is 0 Å². The van der Waals surface area contributed by atoms with Crippen LogP contribution in [0.15, 0.2) is 41.4 Å². The number of benzene rings is 1. The van der Waals surface area contributed by atoms with E-state index in [1.165, 1.54) is 28.0 Å². The standard InChI is InChI=1S/C26H20B6N6O5S/c1-41-19-9-20-17(8-16(19)14-10-33-37(11-14)26(30,31)32)22-18(12-43-20)21(34-38(22)15-2-7-44-13-15)23(39)36(25(27,28)29)4-3-35-5-6-42-24(35)40/h2,7-11,13H,3-6,12H2,1H3. The van der Waals surface area contributed by atoms with Crippen LogP contribution in [-0.2, 0) is 16.6 Å². The molecule has 0 saturated carbocycles. The van der Waals surface area contributed by atoms with E-state index in [-0.39, 0.29) is 32.0 Å². The summed E-state index contributed by atoms with van der Waals surface area (Å²) in [5.74, 6) is 0.358. The molecular formula is C26H20B6N6O5S. The summed E-state index contributed by atoms with van der Waals surface area (Å²) in [6, 6.07) is 5.45. The number of hydrogen-bond acceptors (Lipinski definition) is 8. The molecule has 208 valence electrons. The summed E-state index contributed by atoms with van der Waals surface area (Å²) in [7, 11) is 37.2. The van der Waals surface area contributed by atoms with E-state index < -0.39 is 22.5 Å². The van der Waals surface area contributed by atoms with Crippen molar-refractivity contribution < 1.29 is 23.8 Å². The van der Waals surface area contributed by atoms with E-state index in [1.54, 1.807) is 23.1 Å². The zero-order valence-electron chi connectivity index (χ0n) is 23.7. The van der Waals surface area contributed by atoms with Gasteiger partial charge < -0.3 is 24.0 Å². The maximum Gasteiger partial charge on any atom is 0.409 e. The Labute approximate surface area is 265 Å². The molecule has 0 spiro atoms. The van der Waals surface area contributed by atoms with Crippen LogP contribution in [-0.4, -0.2) is 127 Å². The van der Waals surface area contributed by atoms with Crippen molar-refractivity contribution in [2.75, 3.05) is 33.4 Å². The van der Waals surface area contributed by atoms with Crippen molar-refractivity contribution in [2.24, 2.45) is 0 Å². The van der Waals surface area contributed by atoms with Gasteiger partial charge >= 0.3 is 6.09 Å². The number of fused-ring (bicyclic) bond motifs is 3. The molecule has 12 radical (unpaired) electrons. The van der Waals surface area contributed by atoms with Gasteiger partial charge in [0, 0.05) is 53.0 Å². The number of cyclic esters (lactones) is 1. The first-order valence-electron chi connectivity index (χ1n) is 13.4. The molecule has 1 aromatic carbocycles. The number of carbonyl (C=O) groups excluding carboxylic acids is 2. The number of thiophene rings is 1. The number of aromatic nitrogens is 4. The lowest BCUT2D eigenvalue weighted by molar-refractivity contribution is 0.0725. The van der Waals surface area contributed by atoms with Crippen LogP contribution in [0.1, 0.15) is 16.1 Å². The third-order valence-electron chi connectivity index (χ3n) is 7.31. The number of nitrogens with zero attached hydrogens (tertiary/aromatic N) is 6. The molecule has 2 aliphatic rings. The summed E-state index contributed by atoms with van der Waals surface area (Å²) in [6.45, 7) is 0.666. The molecule has 0 unspecified atom stereocenters. The molecule has 18 heteroatoms. The largest absolute Gasteiger partial charge is 0.496 e. The lowest BCUT2D eigenvalue weighted by Crippen LogP contribution is -2.56. The molecule has 1 saturated heterocycles. The van der Waals surface area contributed by atoms with Crippen LogP contribution in [0.4, 0.5) is 4.79 Å². The molecule has 5 heterocycles. The lowest BCUT2D eigenvalue weighted by Gasteiger charge is -2.38. The highest BCUT2D eigenvalue weighted by Gasteiger charge is 2.36. The van der Waals surface area contributed by atoms with Gasteiger partial charge in [-0.3, -0.25) is 9.48 Å². The lowest BCUT2D eigenvalue weighted by atomic mass is 9.48. The second-order valence-corrected chi connectivity index (χ2v) is 11.2. The molecule has 6 rings (SSSR count). The van der Waals surface area contributed by atoms with E-state index in [0.29, 0.717) is 51.7 Å². The second-order valence-electron chi connectivity index (χ2n) is 10.4. The second kappa shape index (κ2) is 11.2. The number of methoxy groups -OCH3 is 1. The fourth-order valence-electron chi connectivity index (χ4n) is 5.13. The maximum absolute atomic E-state index is 14.1. The van der Waals surface area contributed by atoms with Crippen molar-refractivity contribution in [1.82, 2.24) is 29.4 Å². The highest BCUT2D eigenvalue weighted by molar-refractivity contribution is 7.08. The van der Waals surface area contributed by atoms with Crippen LogP contribution in [0.3, 0.4) is 0 Å². The topological polar surface area (TPSA) is 104 Å². The fourth-order valence-corrected chi connectivity index (χ4v) is 5.75. The Morgan fingerprint density at radius 2 is 1.95 bits per heavy atom. The number of hydrogen-bond donors (Lipinski definition) is 0. The van der Waals surface area contributed by atoms with Gasteiger partial charge in [0.25, 0.3) is 5.91 Å². The number of ether oxygens (including phenoxy) is 3. The van der Waals surface area contributed by atoms with Gasteiger partial charge in [-0.2, -0.15) is 21.5 Å². The van der Waals surface area contributed by atoms with Gasteiger partial charge in [-0.05, 0) is 22.7 Å². The number of amides is 2. The Bertz CT molecular complexity index is 1730. The van der Waals surface area contributed by atoms with E-state index in [2.05, 4.69) is 5.10 Å². The van der Waals surface area contributed by atoms with Crippen LogP contribution < -0.4 is 9.47 Å². The van der Waals surface area contributed by atoms with E-state index in [0.717, 1.165) is 4.90 Å². The van der Waals surface area contributed by atoms with Gasteiger partial charge in [0.2, 0.25) is 0 Å². The first-order valence-corrected chi connectivity index (χ1v) is 14.3. The average Bonchev–Trinajstić information content (AvgIpc) is 3.78. The molecule has 1 fully saturated rings. The zero-order valence-corrected chi connectivity index (χ0v) is 24.5. The molecule has 0 aliphatic carbocycles. The van der Waals surface area contributed by atoms with Crippen molar-refractivity contribution in [3.8, 4) is 39.6 Å². The SMILES string of the molecule is [B]C([B])([B])N(CCN1CCOC1=O)C(=O)c1nn(-c2ccsc2)c2c1COc1cc(OC)c(-c3cnn(C([B])([B])[B])c3)cc1-2. The smallest absolute Gasteiger partial charge is 0.409 e. The van der Waals surface area contributed by atoms with Crippen LogP contribution in [0.5, 0.6) is 11.5 Å². The molecule has 0 atom stereocenters. The van der Waals surface area contributed by atoms with Crippen LogP contribution in [0.2, 0.25) is 0 Å². The summed E-state index contributed by atoms with van der Waals surface area (Å²) < 4.78 is 19.7. The molecule has 2 aliphatic heterocycles. The molecule has 3 aromatic heterocycles. The van der Waals surface area contributed by atoms with Crippen LogP contribution in [0.25, 0.3) is 28.1 Å². The molecule has 4 aromatic rings. The fraction of sp³-hybridized carbons (Fsp3) is 0.308. The quantitative estimate of drug-likeness (QED) is 0.260. The predicted octanol–water partition coefficient (Wildman–Crippen LogP) is 0.450. The summed E-state index contributed by atoms with van der Waals surface area (Å²) in [5, 5.41) is 8.94. The van der Waals surface area contributed by atoms with Gasteiger partial charge in [0.15, 0.2) is 5.69 Å². The number of carbonyl (C=O) groups is 2. The highest BCUT2D eigenvalue weighted by atomic mass is 32.1. The monoisotopic (exact) mass is 594 g/mol. The van der Waals surface area contributed by atoms with Crippen molar-refractivity contribution in [2.45, 2.75) is 17.1 Å². The first kappa shape index (κ1) is 30.1. The Hall–Kier alpha value is -3.93. The Morgan fingerprint density at radius 1 is 1.16 bits per heavy atom. The normalized spacial score (nSPS) is 14.5. The minimum Gasteiger partial charge on any atom is -0.496 e. The summed E-state index contributed by atoms with van der Waals surface area (Å²) in [4.78, 5) is 28.6. The molecule has 44 heavy (non-hydrogen) atoms. The summed E-state index contributed by atoms with van der Waals surface area (Å²) >= 11 is 1.46. The Kier molecular flexibility index (Phi) is 7.67. The molecule has 0 bridgehead atoms. The van der Waals surface area contributed by atoms with Crippen molar-refractivity contribution >= 4 is 70.4 Å². The molecule has 11 nitrogen and oxygen atoms in total. The van der Waals surface area contributed by atoms with E-state index in [1.807, 2.05) is 22.9 Å². The maximum atomic E-state index is 14.1. The van der Waals surface area contributed by atoms with E-state index >= 15 is 0 Å². The zero-order chi connectivity index (χ0) is 31.4. The van der Waals surface area contributed by atoms with Crippen molar-refractivity contribution in [1.29, 1.82) is 0 Å². The predicted molar refractivity (Wildman–Crippen MR) is 168 cm³/mol. The minimum atomic E-state index is -2.06. The molecule has 2 amide bonds. The first-order chi connectivity index (χ1) is 20.9. The van der Waals surface area contributed by atoms with Gasteiger partial charge in [0.1, 0.15) is 24.7 Å². The van der Waals surface area contributed by atoms with Gasteiger partial charge in [-0.1, -0.05) is 5.24 Å². The minimum absolute atomic E-state index is 0.00300. The van der Waals surface area contributed by atoms with E-state index in [4.69, 9.17) is 66.4 Å². The summed E-state index contributed by atoms with van der Waals surface area (Å²) in [6.07, 6.45) is 2.65. The Balaban J connectivity index is 1.46. The van der Waals surface area contributed by atoms with Crippen LogP contribution >= 0.6 is 11.3 Å². The number of rotatable bonds is 9. The molecule has 0 N–H and O–H groups in total. The molecular weight excluding hydrogens is 573 g/mol. The van der Waals surface area contributed by atoms with E-state index in [9.17, 15) is 9.59 Å². The third kappa shape index (κ3) is 5.44. The third-order valence-corrected chi connectivity index (χ3v) is 7.98. The van der Waals surface area contributed by atoms with Crippen molar-refractivity contribution in [3.63, 3.8) is 0 Å². The van der Waals surface area contributed by atoms with Crippen molar-refractivity contribution in [3.05, 3.63) is 52.6 Å². The van der Waals surface area contributed by atoms with Gasteiger partial charge in [0.05, 0.1) is 78.3 Å². The van der Waals surface area contributed by atoms with Gasteiger partial charge in [-0.15, -0.1) is 0 Å². The summed E-state index contributed by atoms with van der Waals surface area (Å²) in [5.41, 5.74) is 3.72. The average molecular weight is 593 g/mol.